The van der Waals surface area contributed by atoms with Crippen molar-refractivity contribution in [2.24, 2.45) is 0 Å². The van der Waals surface area contributed by atoms with Gasteiger partial charge < -0.3 is 14.8 Å². The lowest BCUT2D eigenvalue weighted by atomic mass is 10.1. The van der Waals surface area contributed by atoms with Crippen LogP contribution in [0.3, 0.4) is 0 Å². The van der Waals surface area contributed by atoms with E-state index >= 15 is 0 Å². The van der Waals surface area contributed by atoms with Crippen LogP contribution in [0.25, 0.3) is 6.08 Å². The highest BCUT2D eigenvalue weighted by Crippen LogP contribution is 2.35. The number of carbonyl (C=O) groups excluding carboxylic acids is 1. The summed E-state index contributed by atoms with van der Waals surface area (Å²) in [5, 5.41) is 5.92. The van der Waals surface area contributed by atoms with E-state index in [1.165, 1.54) is 12.0 Å². The molecule has 3 rings (SSSR count). The first-order valence-electron chi connectivity index (χ1n) is 10.0. The van der Waals surface area contributed by atoms with Crippen molar-refractivity contribution in [3.8, 4) is 5.75 Å². The second-order valence-electron chi connectivity index (χ2n) is 7.21. The van der Waals surface area contributed by atoms with Crippen molar-refractivity contribution in [1.29, 1.82) is 0 Å². The van der Waals surface area contributed by atoms with Gasteiger partial charge in [-0.3, -0.25) is 14.4 Å². The predicted octanol–water partition coefficient (Wildman–Crippen LogP) is 4.56. The maximum Gasteiger partial charge on any atom is 0.283 e. The van der Waals surface area contributed by atoms with Crippen LogP contribution in [0.5, 0.6) is 5.75 Å². The van der Waals surface area contributed by atoms with E-state index in [1.54, 1.807) is 31.4 Å². The summed E-state index contributed by atoms with van der Waals surface area (Å²) in [7, 11) is 2.94. The highest BCUT2D eigenvalue weighted by Gasteiger charge is 2.30. The zero-order valence-corrected chi connectivity index (χ0v) is 19.7. The van der Waals surface area contributed by atoms with Gasteiger partial charge in [0.15, 0.2) is 5.11 Å². The lowest BCUT2D eigenvalue weighted by molar-refractivity contribution is -0.122. The number of halogens is 5. The molecule has 0 radical (unpaired) electrons. The van der Waals surface area contributed by atoms with E-state index in [-0.39, 0.29) is 23.3 Å². The van der Waals surface area contributed by atoms with E-state index in [1.807, 2.05) is 0 Å². The van der Waals surface area contributed by atoms with Crippen molar-refractivity contribution < 1.29 is 31.8 Å². The van der Waals surface area contributed by atoms with Crippen LogP contribution in [-0.4, -0.2) is 53.1 Å². The van der Waals surface area contributed by atoms with E-state index in [2.05, 4.69) is 10.4 Å². The first-order valence-corrected chi connectivity index (χ1v) is 10.8. The third-order valence-corrected chi connectivity index (χ3v) is 5.71. The van der Waals surface area contributed by atoms with E-state index in [4.69, 9.17) is 33.3 Å². The number of rotatable bonds is 10. The Bertz CT molecular complexity index is 1110. The molecule has 1 fully saturated rings. The number of hydrogen-bond donors (Lipinski definition) is 1. The Morgan fingerprint density at radius 1 is 1.24 bits per heavy atom. The van der Waals surface area contributed by atoms with Gasteiger partial charge in [-0.05, 0) is 42.4 Å². The molecule has 1 aromatic carbocycles. The largest absolute Gasteiger partial charge is 0.496 e. The summed E-state index contributed by atoms with van der Waals surface area (Å²) in [5.41, 5.74) is -0.610. The fourth-order valence-electron chi connectivity index (χ4n) is 3.42. The molecule has 7 nitrogen and oxygen atoms in total. The van der Waals surface area contributed by atoms with Crippen LogP contribution in [0, 0.1) is 0 Å². The molecule has 34 heavy (non-hydrogen) atoms. The van der Waals surface area contributed by atoms with Gasteiger partial charge in [0.2, 0.25) is 0 Å². The number of methoxy groups -OCH3 is 2. The Labute approximate surface area is 203 Å². The average Bonchev–Trinajstić information content (AvgIpc) is 3.24. The molecule has 1 amide bonds. The maximum atomic E-state index is 13.5. The molecule has 0 bridgehead atoms. The van der Waals surface area contributed by atoms with Gasteiger partial charge >= 0.3 is 0 Å². The lowest BCUT2D eigenvalue weighted by Crippen LogP contribution is -2.32. The molecule has 1 aliphatic rings. The Morgan fingerprint density at radius 2 is 1.97 bits per heavy atom. The van der Waals surface area contributed by atoms with Crippen LogP contribution < -0.4 is 10.1 Å². The molecule has 0 atom stereocenters. The summed E-state index contributed by atoms with van der Waals surface area (Å²) in [6.45, 7) is 0.542. The molecule has 0 spiro atoms. The van der Waals surface area contributed by atoms with Gasteiger partial charge in [0.25, 0.3) is 18.8 Å². The van der Waals surface area contributed by atoms with Gasteiger partial charge in [-0.2, -0.15) is 5.10 Å². The third kappa shape index (κ3) is 5.50. The van der Waals surface area contributed by atoms with Crippen molar-refractivity contribution in [3.05, 3.63) is 51.4 Å². The minimum absolute atomic E-state index is 0.230. The van der Waals surface area contributed by atoms with Gasteiger partial charge in [0.1, 0.15) is 22.8 Å². The summed E-state index contributed by atoms with van der Waals surface area (Å²) in [6, 6.07) is 4.79. The smallest absolute Gasteiger partial charge is 0.283 e. The molecule has 1 saturated heterocycles. The maximum absolute atomic E-state index is 13.5. The Balaban J connectivity index is 1.92. The number of thiocarbonyl (C=S) groups is 1. The molecular formula is C21H21ClF4N4O3S. The van der Waals surface area contributed by atoms with E-state index < -0.39 is 29.3 Å². The Kier molecular flexibility index (Phi) is 8.50. The molecule has 2 aromatic rings. The normalized spacial score (nSPS) is 15.2. The summed E-state index contributed by atoms with van der Waals surface area (Å²) >= 11 is 11.0. The number of alkyl halides is 4. The molecule has 0 unspecified atom stereocenters. The molecule has 1 aliphatic heterocycles. The van der Waals surface area contributed by atoms with Crippen molar-refractivity contribution in [3.63, 3.8) is 0 Å². The summed E-state index contributed by atoms with van der Waals surface area (Å²) in [5.74, 6) is -0.00565. The van der Waals surface area contributed by atoms with Gasteiger partial charge in [-0.1, -0.05) is 17.7 Å². The third-order valence-electron chi connectivity index (χ3n) is 5.00. The highest BCUT2D eigenvalue weighted by atomic mass is 35.5. The van der Waals surface area contributed by atoms with Crippen LogP contribution in [0.15, 0.2) is 23.9 Å². The molecule has 184 valence electrons. The topological polar surface area (TPSA) is 68.6 Å². The van der Waals surface area contributed by atoms with Gasteiger partial charge in [-0.15, -0.1) is 0 Å². The zero-order chi connectivity index (χ0) is 25.0. The van der Waals surface area contributed by atoms with Gasteiger partial charge in [0, 0.05) is 25.8 Å². The fourth-order valence-corrected chi connectivity index (χ4v) is 4.01. The molecule has 0 aliphatic carbocycles. The first-order chi connectivity index (χ1) is 16.2. The standard InChI is InChI=1S/C21H21ClF4N4O3S/c1-32-7-3-6-29-20(31)13(27-21(29)34)9-11-4-5-14(33-2)12(8-11)10-30-17(19(25)26)15(22)16(28-30)18(23)24/h4-5,8-9,18-19H,3,6-7,10H2,1-2H3,(H,27,34)/b13-9+. The molecule has 1 N–H and O–H groups in total. The van der Waals surface area contributed by atoms with Crippen molar-refractivity contribution in [2.45, 2.75) is 25.8 Å². The lowest BCUT2D eigenvalue weighted by Gasteiger charge is -2.13. The van der Waals surface area contributed by atoms with E-state index in [0.717, 1.165) is 4.68 Å². The molecule has 2 heterocycles. The van der Waals surface area contributed by atoms with Crippen LogP contribution in [0.4, 0.5) is 17.6 Å². The van der Waals surface area contributed by atoms with Gasteiger partial charge in [-0.25, -0.2) is 17.6 Å². The number of ether oxygens (including phenoxy) is 2. The number of benzene rings is 1. The number of carbonyl (C=O) groups is 1. The van der Waals surface area contributed by atoms with E-state index in [0.29, 0.717) is 36.4 Å². The zero-order valence-electron chi connectivity index (χ0n) is 18.2. The average molecular weight is 521 g/mol. The minimum atomic E-state index is -3.12. The second kappa shape index (κ2) is 11.2. The number of amides is 1. The van der Waals surface area contributed by atoms with E-state index in [9.17, 15) is 22.4 Å². The Hall–Kier alpha value is -2.70. The van der Waals surface area contributed by atoms with Crippen molar-refractivity contribution in [2.75, 3.05) is 27.4 Å². The minimum Gasteiger partial charge on any atom is -0.496 e. The van der Waals surface area contributed by atoms with Crippen LogP contribution in [-0.2, 0) is 16.1 Å². The number of aromatic nitrogens is 2. The predicted molar refractivity (Wildman–Crippen MR) is 121 cm³/mol. The van der Waals surface area contributed by atoms with Crippen molar-refractivity contribution >= 4 is 40.9 Å². The molecule has 1 aromatic heterocycles. The fraction of sp³-hybridized carbons (Fsp3) is 0.381. The van der Waals surface area contributed by atoms with Crippen LogP contribution >= 0.6 is 23.8 Å². The highest BCUT2D eigenvalue weighted by molar-refractivity contribution is 7.80. The number of nitrogens with zero attached hydrogens (tertiary/aromatic N) is 3. The summed E-state index contributed by atoms with van der Waals surface area (Å²) < 4.78 is 64.4. The van der Waals surface area contributed by atoms with Gasteiger partial charge in [0.05, 0.1) is 18.7 Å². The quantitative estimate of drug-likeness (QED) is 0.214. The molecule has 13 heteroatoms. The number of nitrogens with one attached hydrogen (secondary N) is 1. The molecular weight excluding hydrogens is 500 g/mol. The number of hydrogen-bond acceptors (Lipinski definition) is 5. The summed E-state index contributed by atoms with van der Waals surface area (Å²) in [4.78, 5) is 14.1. The second-order valence-corrected chi connectivity index (χ2v) is 7.97. The van der Waals surface area contributed by atoms with Crippen molar-refractivity contribution in [1.82, 2.24) is 20.0 Å². The van der Waals surface area contributed by atoms with Crippen LogP contribution in [0.2, 0.25) is 5.02 Å². The van der Waals surface area contributed by atoms with Crippen LogP contribution in [0.1, 0.15) is 41.8 Å². The summed E-state index contributed by atoms with van der Waals surface area (Å²) in [6.07, 6.45) is -4.08. The Morgan fingerprint density at radius 3 is 2.59 bits per heavy atom. The monoisotopic (exact) mass is 520 g/mol. The SMILES string of the molecule is COCCCN1C(=O)/C(=C\c2ccc(OC)c(Cn3nc(C(F)F)c(Cl)c3C(F)F)c2)NC1=S. The molecule has 0 saturated carbocycles. The first kappa shape index (κ1) is 25.9.